The van der Waals surface area contributed by atoms with Crippen LogP contribution in [0, 0.1) is 0 Å². The quantitative estimate of drug-likeness (QED) is 0.888. The van der Waals surface area contributed by atoms with Gasteiger partial charge in [-0.3, -0.25) is 4.79 Å². The number of phenols is 1. The van der Waals surface area contributed by atoms with Crippen LogP contribution >= 0.6 is 11.3 Å². The Morgan fingerprint density at radius 2 is 2.39 bits per heavy atom. The van der Waals surface area contributed by atoms with Gasteiger partial charge in [0.2, 0.25) is 5.91 Å². The Hall–Kier alpha value is -1.88. The lowest BCUT2D eigenvalue weighted by atomic mass is 10.1. The third-order valence-corrected chi connectivity index (χ3v) is 3.43. The summed E-state index contributed by atoms with van der Waals surface area (Å²) in [6.45, 7) is 1.90. The van der Waals surface area contributed by atoms with Crippen molar-refractivity contribution in [1.82, 2.24) is 10.3 Å². The topological polar surface area (TPSA) is 62.2 Å². The molecule has 2 aromatic rings. The molecule has 0 saturated heterocycles. The number of amides is 1. The van der Waals surface area contributed by atoms with Crippen molar-refractivity contribution in [2.75, 3.05) is 0 Å². The minimum Gasteiger partial charge on any atom is -0.508 e. The van der Waals surface area contributed by atoms with E-state index in [9.17, 15) is 9.90 Å². The first kappa shape index (κ1) is 12.6. The van der Waals surface area contributed by atoms with E-state index in [1.54, 1.807) is 24.4 Å². The van der Waals surface area contributed by atoms with Gasteiger partial charge in [0.15, 0.2) is 0 Å². The summed E-state index contributed by atoms with van der Waals surface area (Å²) in [6.07, 6.45) is 1.97. The lowest BCUT2D eigenvalue weighted by molar-refractivity contribution is -0.121. The summed E-state index contributed by atoms with van der Waals surface area (Å²) in [4.78, 5) is 16.0. The molecule has 0 spiro atoms. The summed E-state index contributed by atoms with van der Waals surface area (Å²) in [7, 11) is 0. The van der Waals surface area contributed by atoms with E-state index in [-0.39, 0.29) is 24.1 Å². The Kier molecular flexibility index (Phi) is 3.94. The second-order valence-corrected chi connectivity index (χ2v) is 4.93. The van der Waals surface area contributed by atoms with E-state index in [4.69, 9.17) is 0 Å². The molecule has 0 aliphatic heterocycles. The maximum atomic E-state index is 11.8. The number of carbonyl (C=O) groups excluding carboxylic acids is 1. The van der Waals surface area contributed by atoms with Crippen LogP contribution in [0.2, 0.25) is 0 Å². The highest BCUT2D eigenvalue weighted by Crippen LogP contribution is 2.15. The maximum absolute atomic E-state index is 11.8. The average Bonchev–Trinajstić information content (AvgIpc) is 2.81. The molecular weight excluding hydrogens is 248 g/mol. The molecule has 1 atom stereocenters. The molecule has 0 aliphatic rings. The number of benzene rings is 1. The molecule has 1 unspecified atom stereocenters. The van der Waals surface area contributed by atoms with E-state index in [2.05, 4.69) is 10.3 Å². The number of aromatic hydroxyl groups is 1. The zero-order valence-electron chi connectivity index (χ0n) is 9.96. The van der Waals surface area contributed by atoms with Gasteiger partial charge in [-0.15, -0.1) is 11.3 Å². The Labute approximate surface area is 109 Å². The number of hydrogen-bond donors (Lipinski definition) is 2. The first-order chi connectivity index (χ1) is 8.65. The normalized spacial score (nSPS) is 12.1. The van der Waals surface area contributed by atoms with Gasteiger partial charge in [0, 0.05) is 11.6 Å². The highest BCUT2D eigenvalue weighted by atomic mass is 32.1. The highest BCUT2D eigenvalue weighted by Gasteiger charge is 2.12. The van der Waals surface area contributed by atoms with Crippen LogP contribution in [0.1, 0.15) is 23.5 Å². The molecule has 0 aliphatic carbocycles. The van der Waals surface area contributed by atoms with Crippen molar-refractivity contribution in [3.63, 3.8) is 0 Å². The fourth-order valence-corrected chi connectivity index (χ4v) is 2.30. The average molecular weight is 262 g/mol. The lowest BCUT2D eigenvalue weighted by Gasteiger charge is -2.11. The van der Waals surface area contributed by atoms with Gasteiger partial charge < -0.3 is 10.4 Å². The van der Waals surface area contributed by atoms with Crippen LogP contribution in [-0.4, -0.2) is 16.0 Å². The first-order valence-corrected chi connectivity index (χ1v) is 6.50. The van der Waals surface area contributed by atoms with Crippen LogP contribution in [-0.2, 0) is 11.2 Å². The monoisotopic (exact) mass is 262 g/mol. The molecule has 0 bridgehead atoms. The minimum atomic E-state index is -0.0881. The number of rotatable bonds is 4. The van der Waals surface area contributed by atoms with E-state index < -0.39 is 0 Å². The second-order valence-electron chi connectivity index (χ2n) is 4.01. The molecule has 2 rings (SSSR count). The molecule has 4 nitrogen and oxygen atoms in total. The zero-order chi connectivity index (χ0) is 13.0. The molecular formula is C13H14N2O2S. The van der Waals surface area contributed by atoms with Crippen LogP contribution in [0.25, 0.3) is 0 Å². The smallest absolute Gasteiger partial charge is 0.224 e. The number of nitrogens with one attached hydrogen (secondary N) is 1. The van der Waals surface area contributed by atoms with Crippen molar-refractivity contribution in [1.29, 1.82) is 0 Å². The van der Waals surface area contributed by atoms with Crippen molar-refractivity contribution in [3.8, 4) is 5.75 Å². The summed E-state index contributed by atoms with van der Waals surface area (Å²) in [6, 6.07) is 6.62. The Morgan fingerprint density at radius 3 is 3.06 bits per heavy atom. The predicted molar refractivity (Wildman–Crippen MR) is 70.5 cm³/mol. The molecule has 0 radical (unpaired) electrons. The van der Waals surface area contributed by atoms with Crippen LogP contribution in [0.15, 0.2) is 35.8 Å². The summed E-state index contributed by atoms with van der Waals surface area (Å²) < 4.78 is 0. The predicted octanol–water partition coefficient (Wildman–Crippen LogP) is 2.27. The SMILES string of the molecule is CC(NC(=O)Cc1cccc(O)c1)c1nccs1. The fourth-order valence-electron chi connectivity index (χ4n) is 1.65. The summed E-state index contributed by atoms with van der Waals surface area (Å²) in [5.41, 5.74) is 0.791. The fraction of sp³-hybridized carbons (Fsp3) is 0.231. The molecule has 1 amide bonds. The van der Waals surface area contributed by atoms with Gasteiger partial charge >= 0.3 is 0 Å². The summed E-state index contributed by atoms with van der Waals surface area (Å²) >= 11 is 1.52. The van der Waals surface area contributed by atoms with Crippen molar-refractivity contribution < 1.29 is 9.90 Å². The largest absolute Gasteiger partial charge is 0.508 e. The molecule has 5 heteroatoms. The molecule has 1 aromatic heterocycles. The van der Waals surface area contributed by atoms with E-state index >= 15 is 0 Å². The number of carbonyl (C=O) groups is 1. The Bertz CT molecular complexity index is 526. The summed E-state index contributed by atoms with van der Waals surface area (Å²) in [5.74, 6) is 0.0940. The molecule has 1 heterocycles. The number of hydrogen-bond acceptors (Lipinski definition) is 4. The zero-order valence-corrected chi connectivity index (χ0v) is 10.8. The molecule has 1 aromatic carbocycles. The van der Waals surface area contributed by atoms with Crippen molar-refractivity contribution in [3.05, 3.63) is 46.4 Å². The van der Waals surface area contributed by atoms with Crippen LogP contribution in [0.3, 0.4) is 0 Å². The number of thiazole rings is 1. The van der Waals surface area contributed by atoms with Crippen molar-refractivity contribution >= 4 is 17.2 Å². The molecule has 94 valence electrons. The van der Waals surface area contributed by atoms with Gasteiger partial charge in [0.05, 0.1) is 12.5 Å². The van der Waals surface area contributed by atoms with Crippen LogP contribution in [0.4, 0.5) is 0 Å². The van der Waals surface area contributed by atoms with Gasteiger partial charge in [-0.05, 0) is 24.6 Å². The van der Waals surface area contributed by atoms with Gasteiger partial charge in [-0.2, -0.15) is 0 Å². The minimum absolute atomic E-state index is 0.0803. The standard InChI is InChI=1S/C13H14N2O2S/c1-9(13-14-5-6-18-13)15-12(17)8-10-3-2-4-11(16)7-10/h2-7,9,16H,8H2,1H3,(H,15,17). The number of aromatic nitrogens is 1. The highest BCUT2D eigenvalue weighted by molar-refractivity contribution is 7.09. The number of phenolic OH excluding ortho intramolecular Hbond substituents is 1. The van der Waals surface area contributed by atoms with Gasteiger partial charge in [-0.1, -0.05) is 12.1 Å². The van der Waals surface area contributed by atoms with Gasteiger partial charge in [0.1, 0.15) is 10.8 Å². The van der Waals surface area contributed by atoms with E-state index in [0.29, 0.717) is 0 Å². The number of nitrogens with zero attached hydrogens (tertiary/aromatic N) is 1. The van der Waals surface area contributed by atoms with Gasteiger partial charge in [-0.25, -0.2) is 4.98 Å². The second kappa shape index (κ2) is 5.64. The first-order valence-electron chi connectivity index (χ1n) is 5.62. The molecule has 2 N–H and O–H groups in total. The molecule has 0 saturated carbocycles. The van der Waals surface area contributed by atoms with Crippen molar-refractivity contribution in [2.45, 2.75) is 19.4 Å². The van der Waals surface area contributed by atoms with Crippen molar-refractivity contribution in [2.24, 2.45) is 0 Å². The Balaban J connectivity index is 1.93. The summed E-state index contributed by atoms with van der Waals surface area (Å²) in [5, 5.41) is 15.0. The van der Waals surface area contributed by atoms with Crippen LogP contribution < -0.4 is 5.32 Å². The van der Waals surface area contributed by atoms with E-state index in [1.165, 1.54) is 11.3 Å². The van der Waals surface area contributed by atoms with Gasteiger partial charge in [0.25, 0.3) is 0 Å². The lowest BCUT2D eigenvalue weighted by Crippen LogP contribution is -2.27. The van der Waals surface area contributed by atoms with E-state index in [1.807, 2.05) is 18.4 Å². The third-order valence-electron chi connectivity index (χ3n) is 2.47. The molecule has 18 heavy (non-hydrogen) atoms. The Morgan fingerprint density at radius 1 is 1.56 bits per heavy atom. The third kappa shape index (κ3) is 3.30. The molecule has 0 fully saturated rings. The maximum Gasteiger partial charge on any atom is 0.224 e. The van der Waals surface area contributed by atoms with E-state index in [0.717, 1.165) is 10.6 Å². The van der Waals surface area contributed by atoms with Crippen LogP contribution in [0.5, 0.6) is 5.75 Å².